The van der Waals surface area contributed by atoms with Gasteiger partial charge in [-0.2, -0.15) is 0 Å². The van der Waals surface area contributed by atoms with Gasteiger partial charge in [0, 0.05) is 13.1 Å². The average molecular weight is 383 g/mol. The van der Waals surface area contributed by atoms with E-state index in [0.29, 0.717) is 38.8 Å². The minimum absolute atomic E-state index is 0.312. The molecule has 6 N–H and O–H groups in total. The van der Waals surface area contributed by atoms with E-state index in [1.165, 1.54) is 9.80 Å². The molecule has 2 aliphatic heterocycles. The van der Waals surface area contributed by atoms with Gasteiger partial charge in [0.25, 0.3) is 0 Å². The smallest absolute Gasteiger partial charge is 0.326 e. The Bertz CT molecular complexity index is 639. The molecule has 27 heavy (non-hydrogen) atoms. The highest BCUT2D eigenvalue weighted by atomic mass is 16.4. The van der Waals surface area contributed by atoms with Crippen LogP contribution in [0.15, 0.2) is 0 Å². The van der Waals surface area contributed by atoms with E-state index < -0.39 is 47.7 Å². The van der Waals surface area contributed by atoms with E-state index in [1.807, 2.05) is 0 Å². The molecule has 2 heterocycles. The molecule has 3 atom stereocenters. The largest absolute Gasteiger partial charge is 0.480 e. The van der Waals surface area contributed by atoms with E-state index in [-0.39, 0.29) is 13.0 Å². The SMILES string of the molecule is NC(=O)CC(N)C(=O)N1CCCC1C(=O)NCC(=O)N1CCCC1C(=O)O. The molecule has 0 aromatic heterocycles. The summed E-state index contributed by atoms with van der Waals surface area (Å²) in [5, 5.41) is 11.6. The molecule has 2 rings (SSSR count). The quantitative estimate of drug-likeness (QED) is 0.371. The molecule has 4 amide bonds. The van der Waals surface area contributed by atoms with Crippen molar-refractivity contribution in [2.75, 3.05) is 19.6 Å². The Kier molecular flexibility index (Phi) is 6.72. The van der Waals surface area contributed by atoms with Crippen molar-refractivity contribution < 1.29 is 29.1 Å². The maximum atomic E-state index is 12.4. The number of carbonyl (C=O) groups is 5. The van der Waals surface area contributed by atoms with Gasteiger partial charge < -0.3 is 31.7 Å². The number of likely N-dealkylation sites (tertiary alicyclic amines) is 2. The maximum absolute atomic E-state index is 12.4. The number of hydrogen-bond donors (Lipinski definition) is 4. The summed E-state index contributed by atoms with van der Waals surface area (Å²) >= 11 is 0. The number of carbonyl (C=O) groups excluding carboxylic acids is 4. The van der Waals surface area contributed by atoms with E-state index >= 15 is 0 Å². The van der Waals surface area contributed by atoms with Crippen molar-refractivity contribution in [1.82, 2.24) is 15.1 Å². The molecule has 0 aromatic carbocycles. The Morgan fingerprint density at radius 1 is 1.04 bits per heavy atom. The predicted octanol–water partition coefficient (Wildman–Crippen LogP) is -2.63. The Morgan fingerprint density at radius 2 is 1.63 bits per heavy atom. The highest BCUT2D eigenvalue weighted by Gasteiger charge is 2.38. The number of nitrogens with one attached hydrogen (secondary N) is 1. The van der Waals surface area contributed by atoms with E-state index in [1.54, 1.807) is 0 Å². The van der Waals surface area contributed by atoms with Crippen LogP contribution in [-0.4, -0.2) is 82.3 Å². The number of carboxylic acids is 1. The lowest BCUT2D eigenvalue weighted by molar-refractivity contribution is -0.148. The molecule has 0 bridgehead atoms. The Hall–Kier alpha value is -2.69. The zero-order chi connectivity index (χ0) is 20.1. The van der Waals surface area contributed by atoms with Crippen LogP contribution >= 0.6 is 0 Å². The average Bonchev–Trinajstić information content (AvgIpc) is 3.26. The molecule has 2 fully saturated rings. The van der Waals surface area contributed by atoms with Gasteiger partial charge >= 0.3 is 5.97 Å². The molecule has 3 unspecified atom stereocenters. The van der Waals surface area contributed by atoms with Crippen molar-refractivity contribution in [3.05, 3.63) is 0 Å². The van der Waals surface area contributed by atoms with Gasteiger partial charge in [0.1, 0.15) is 12.1 Å². The maximum Gasteiger partial charge on any atom is 0.326 e. The van der Waals surface area contributed by atoms with Crippen molar-refractivity contribution in [2.45, 2.75) is 50.2 Å². The molecule has 11 nitrogen and oxygen atoms in total. The number of amides is 4. The van der Waals surface area contributed by atoms with Crippen molar-refractivity contribution in [3.63, 3.8) is 0 Å². The summed E-state index contributed by atoms with van der Waals surface area (Å²) in [5.41, 5.74) is 10.7. The summed E-state index contributed by atoms with van der Waals surface area (Å²) in [7, 11) is 0. The van der Waals surface area contributed by atoms with Gasteiger partial charge in [-0.1, -0.05) is 0 Å². The summed E-state index contributed by atoms with van der Waals surface area (Å²) < 4.78 is 0. The molecular weight excluding hydrogens is 358 g/mol. The van der Waals surface area contributed by atoms with Gasteiger partial charge in [0.15, 0.2) is 0 Å². The molecule has 0 saturated carbocycles. The third kappa shape index (κ3) is 4.94. The Labute approximate surface area is 156 Å². The molecule has 0 spiro atoms. The second-order valence-corrected chi connectivity index (χ2v) is 6.77. The second kappa shape index (κ2) is 8.80. The standard InChI is InChI=1S/C16H25N5O6/c17-9(7-12(18)22)15(25)21-6-1-3-10(21)14(24)19-8-13(23)20-5-2-4-11(20)16(26)27/h9-11H,1-8,17H2,(H2,18,22)(H,19,24)(H,26,27). The lowest BCUT2D eigenvalue weighted by atomic mass is 10.1. The fourth-order valence-electron chi connectivity index (χ4n) is 3.52. The first-order valence-corrected chi connectivity index (χ1v) is 8.86. The van der Waals surface area contributed by atoms with Crippen molar-refractivity contribution in [3.8, 4) is 0 Å². The lowest BCUT2D eigenvalue weighted by Gasteiger charge is -2.27. The first kappa shape index (κ1) is 20.6. The second-order valence-electron chi connectivity index (χ2n) is 6.77. The van der Waals surface area contributed by atoms with Gasteiger partial charge in [0.2, 0.25) is 23.6 Å². The normalized spacial score (nSPS) is 23.1. The number of aliphatic carboxylic acids is 1. The highest BCUT2D eigenvalue weighted by molar-refractivity contribution is 5.94. The summed E-state index contributed by atoms with van der Waals surface area (Å²) in [4.78, 5) is 61.6. The van der Waals surface area contributed by atoms with Crippen molar-refractivity contribution in [1.29, 1.82) is 0 Å². The van der Waals surface area contributed by atoms with E-state index in [0.717, 1.165) is 0 Å². The molecule has 2 aliphatic rings. The van der Waals surface area contributed by atoms with Gasteiger partial charge in [0.05, 0.1) is 19.0 Å². The van der Waals surface area contributed by atoms with Crippen molar-refractivity contribution >= 4 is 29.6 Å². The number of primary amides is 1. The summed E-state index contributed by atoms with van der Waals surface area (Å²) in [6.07, 6.45) is 1.68. The summed E-state index contributed by atoms with van der Waals surface area (Å²) in [5.74, 6) is -3.30. The molecule has 11 heteroatoms. The molecule has 0 aromatic rings. The lowest BCUT2D eigenvalue weighted by Crippen LogP contribution is -2.53. The van der Waals surface area contributed by atoms with Crippen LogP contribution in [0, 0.1) is 0 Å². The summed E-state index contributed by atoms with van der Waals surface area (Å²) in [6.45, 7) is 0.320. The van der Waals surface area contributed by atoms with Crippen LogP contribution in [0.5, 0.6) is 0 Å². The van der Waals surface area contributed by atoms with Gasteiger partial charge in [-0.15, -0.1) is 0 Å². The third-order valence-corrected chi connectivity index (χ3v) is 4.85. The first-order valence-electron chi connectivity index (χ1n) is 8.86. The molecule has 2 saturated heterocycles. The van der Waals surface area contributed by atoms with Crippen LogP contribution < -0.4 is 16.8 Å². The van der Waals surface area contributed by atoms with Gasteiger partial charge in [-0.05, 0) is 25.7 Å². The minimum atomic E-state index is -1.11. The Balaban J connectivity index is 1.90. The molecule has 0 radical (unpaired) electrons. The number of nitrogens with zero attached hydrogens (tertiary/aromatic N) is 2. The van der Waals surface area contributed by atoms with Crippen LogP contribution in [0.1, 0.15) is 32.1 Å². The first-order chi connectivity index (χ1) is 12.7. The number of carboxylic acid groups (broad SMARTS) is 1. The summed E-state index contributed by atoms with van der Waals surface area (Å²) in [6, 6.07) is -2.76. The molecule has 150 valence electrons. The van der Waals surface area contributed by atoms with E-state index in [9.17, 15) is 24.0 Å². The van der Waals surface area contributed by atoms with Crippen LogP contribution in [0.3, 0.4) is 0 Å². The minimum Gasteiger partial charge on any atom is -0.480 e. The fourth-order valence-corrected chi connectivity index (χ4v) is 3.52. The zero-order valence-electron chi connectivity index (χ0n) is 14.9. The van der Waals surface area contributed by atoms with Crippen LogP contribution in [-0.2, 0) is 24.0 Å². The third-order valence-electron chi connectivity index (χ3n) is 4.85. The van der Waals surface area contributed by atoms with Gasteiger partial charge in [-0.25, -0.2) is 4.79 Å². The van der Waals surface area contributed by atoms with E-state index in [4.69, 9.17) is 16.6 Å². The molecule has 0 aliphatic carbocycles. The predicted molar refractivity (Wildman–Crippen MR) is 91.9 cm³/mol. The monoisotopic (exact) mass is 383 g/mol. The Morgan fingerprint density at radius 3 is 2.22 bits per heavy atom. The van der Waals surface area contributed by atoms with Crippen LogP contribution in [0.25, 0.3) is 0 Å². The number of hydrogen-bond acceptors (Lipinski definition) is 6. The molecular formula is C16H25N5O6. The number of rotatable bonds is 7. The van der Waals surface area contributed by atoms with Crippen molar-refractivity contribution in [2.24, 2.45) is 11.5 Å². The van der Waals surface area contributed by atoms with Crippen LogP contribution in [0.2, 0.25) is 0 Å². The topological polar surface area (TPSA) is 176 Å². The fraction of sp³-hybridized carbons (Fsp3) is 0.688. The van der Waals surface area contributed by atoms with Gasteiger partial charge in [-0.3, -0.25) is 19.2 Å². The number of nitrogens with two attached hydrogens (primary N) is 2. The zero-order valence-corrected chi connectivity index (χ0v) is 14.9. The van der Waals surface area contributed by atoms with E-state index in [2.05, 4.69) is 5.32 Å². The van der Waals surface area contributed by atoms with Crippen LogP contribution in [0.4, 0.5) is 0 Å². The highest BCUT2D eigenvalue weighted by Crippen LogP contribution is 2.19.